The van der Waals surface area contributed by atoms with Crippen molar-refractivity contribution in [3.05, 3.63) is 16.1 Å². The fourth-order valence-electron chi connectivity index (χ4n) is 4.40. The fraction of sp³-hybridized carbons (Fsp3) is 0.769. The molecular weight excluding hydrogens is 232 g/mol. The molecule has 2 aliphatic carbocycles. The van der Waals surface area contributed by atoms with Gasteiger partial charge in [-0.05, 0) is 37.5 Å². The second kappa shape index (κ2) is 3.53. The van der Waals surface area contributed by atoms with Gasteiger partial charge in [0.05, 0.1) is 11.1 Å². The molecule has 0 spiro atoms. The van der Waals surface area contributed by atoms with Gasteiger partial charge < -0.3 is 5.11 Å². The first-order chi connectivity index (χ1) is 8.22. The average molecular weight is 250 g/mol. The van der Waals surface area contributed by atoms with Crippen LogP contribution in [0.25, 0.3) is 0 Å². The van der Waals surface area contributed by atoms with Crippen molar-refractivity contribution in [2.24, 2.45) is 17.8 Å². The maximum Gasteiger partial charge on any atom is 0.0897 e. The Bertz CT molecular complexity index is 444. The highest BCUT2D eigenvalue weighted by Crippen LogP contribution is 2.55. The Morgan fingerprint density at radius 2 is 2.35 bits per heavy atom. The van der Waals surface area contributed by atoms with Crippen LogP contribution < -0.4 is 0 Å². The lowest BCUT2D eigenvalue weighted by Gasteiger charge is -2.28. The predicted octanol–water partition coefficient (Wildman–Crippen LogP) is 1.65. The zero-order chi connectivity index (χ0) is 11.6. The van der Waals surface area contributed by atoms with Gasteiger partial charge in [0.1, 0.15) is 0 Å². The van der Waals surface area contributed by atoms with Gasteiger partial charge in [0.25, 0.3) is 0 Å². The highest BCUT2D eigenvalue weighted by molar-refractivity contribution is 7.11. The van der Waals surface area contributed by atoms with Crippen LogP contribution in [0.2, 0.25) is 0 Å². The number of aromatic nitrogens is 1. The van der Waals surface area contributed by atoms with Gasteiger partial charge in [0.2, 0.25) is 0 Å². The molecule has 3 fully saturated rings. The molecule has 4 heteroatoms. The Morgan fingerprint density at radius 1 is 1.47 bits per heavy atom. The van der Waals surface area contributed by atoms with Crippen molar-refractivity contribution >= 4 is 11.3 Å². The van der Waals surface area contributed by atoms with E-state index >= 15 is 0 Å². The number of aryl methyl sites for hydroxylation is 1. The summed E-state index contributed by atoms with van der Waals surface area (Å²) in [5.41, 5.74) is 0. The van der Waals surface area contributed by atoms with Gasteiger partial charge in [-0.3, -0.25) is 4.90 Å². The van der Waals surface area contributed by atoms with Gasteiger partial charge in [-0.25, -0.2) is 4.98 Å². The molecule has 3 nitrogen and oxygen atoms in total. The molecule has 0 aromatic carbocycles. The summed E-state index contributed by atoms with van der Waals surface area (Å²) in [6.07, 6.45) is 4.47. The van der Waals surface area contributed by atoms with Crippen molar-refractivity contribution in [3.8, 4) is 0 Å². The third-order valence-corrected chi connectivity index (χ3v) is 5.87. The molecule has 1 aromatic heterocycles. The summed E-state index contributed by atoms with van der Waals surface area (Å²) in [4.78, 5) is 8.18. The molecule has 0 radical (unpaired) electrons. The van der Waals surface area contributed by atoms with Crippen molar-refractivity contribution < 1.29 is 5.11 Å². The first kappa shape index (κ1) is 10.5. The number of hydrogen-bond donors (Lipinski definition) is 1. The van der Waals surface area contributed by atoms with Crippen LogP contribution in [0, 0.1) is 24.7 Å². The monoisotopic (exact) mass is 250 g/mol. The van der Waals surface area contributed by atoms with E-state index in [1.165, 1.54) is 24.3 Å². The molecule has 0 amide bonds. The molecule has 2 bridgehead atoms. The molecule has 2 saturated carbocycles. The van der Waals surface area contributed by atoms with Gasteiger partial charge in [-0.15, -0.1) is 11.3 Å². The van der Waals surface area contributed by atoms with E-state index < -0.39 is 0 Å². The van der Waals surface area contributed by atoms with E-state index in [2.05, 4.69) is 16.8 Å². The van der Waals surface area contributed by atoms with Crippen LogP contribution in [0.1, 0.15) is 22.7 Å². The first-order valence-corrected chi connectivity index (χ1v) is 7.37. The Labute approximate surface area is 105 Å². The summed E-state index contributed by atoms with van der Waals surface area (Å²) in [7, 11) is 0. The normalized spacial score (nSPS) is 43.8. The van der Waals surface area contributed by atoms with E-state index in [-0.39, 0.29) is 6.10 Å². The minimum atomic E-state index is -0.0623. The molecule has 3 aliphatic rings. The summed E-state index contributed by atoms with van der Waals surface area (Å²) in [5.74, 6) is 2.25. The van der Waals surface area contributed by atoms with Gasteiger partial charge in [-0.1, -0.05) is 0 Å². The zero-order valence-corrected chi connectivity index (χ0v) is 10.9. The van der Waals surface area contributed by atoms with Crippen LogP contribution in [-0.4, -0.2) is 33.7 Å². The number of hydrogen-bond acceptors (Lipinski definition) is 4. The molecule has 1 aliphatic heterocycles. The highest BCUT2D eigenvalue weighted by atomic mass is 32.1. The Hall–Kier alpha value is -0.450. The number of rotatable bonds is 2. The zero-order valence-electron chi connectivity index (χ0n) is 10.0. The van der Waals surface area contributed by atoms with Crippen molar-refractivity contribution in [1.29, 1.82) is 0 Å². The van der Waals surface area contributed by atoms with E-state index in [4.69, 9.17) is 0 Å². The van der Waals surface area contributed by atoms with Crippen LogP contribution in [0.4, 0.5) is 0 Å². The molecule has 1 N–H and O–H groups in total. The summed E-state index contributed by atoms with van der Waals surface area (Å²) >= 11 is 1.79. The smallest absolute Gasteiger partial charge is 0.0897 e. The number of thiazole rings is 1. The predicted molar refractivity (Wildman–Crippen MR) is 66.8 cm³/mol. The largest absolute Gasteiger partial charge is 0.391 e. The Kier molecular flexibility index (Phi) is 2.17. The summed E-state index contributed by atoms with van der Waals surface area (Å²) < 4.78 is 0. The van der Waals surface area contributed by atoms with Gasteiger partial charge in [0, 0.05) is 30.2 Å². The number of likely N-dealkylation sites (tertiary alicyclic amines) is 1. The lowest BCUT2D eigenvalue weighted by molar-refractivity contribution is 0.0487. The van der Waals surface area contributed by atoms with E-state index in [0.29, 0.717) is 12.0 Å². The van der Waals surface area contributed by atoms with Crippen LogP contribution >= 0.6 is 11.3 Å². The van der Waals surface area contributed by atoms with Crippen molar-refractivity contribution in [1.82, 2.24) is 9.88 Å². The van der Waals surface area contributed by atoms with Crippen molar-refractivity contribution in [3.63, 3.8) is 0 Å². The molecular formula is C13H18N2OS. The molecule has 92 valence electrons. The molecule has 1 aromatic rings. The van der Waals surface area contributed by atoms with Crippen LogP contribution in [0.15, 0.2) is 6.20 Å². The summed E-state index contributed by atoms with van der Waals surface area (Å²) in [6, 6.07) is 0.446. The van der Waals surface area contributed by atoms with Gasteiger partial charge >= 0.3 is 0 Å². The molecule has 2 heterocycles. The standard InChI is InChI=1S/C13H18N2OS/c1-7-14-4-10(17-7)6-15-5-9-2-8-3-11(9)12(15)13(8)16/h4,8-9,11-13,16H,2-3,5-6H2,1H3. The number of fused-ring (bicyclic) bond motifs is 1. The Balaban J connectivity index is 1.56. The maximum absolute atomic E-state index is 10.3. The maximum atomic E-state index is 10.3. The lowest BCUT2D eigenvalue weighted by atomic mass is 9.88. The van der Waals surface area contributed by atoms with Crippen molar-refractivity contribution in [2.45, 2.75) is 38.5 Å². The van der Waals surface area contributed by atoms with Crippen LogP contribution in [-0.2, 0) is 6.54 Å². The number of nitrogens with zero attached hydrogens (tertiary/aromatic N) is 2. The van der Waals surface area contributed by atoms with Crippen molar-refractivity contribution in [2.75, 3.05) is 6.54 Å². The first-order valence-electron chi connectivity index (χ1n) is 6.56. The Morgan fingerprint density at radius 3 is 3.06 bits per heavy atom. The highest BCUT2D eigenvalue weighted by Gasteiger charge is 2.58. The lowest BCUT2D eigenvalue weighted by Crippen LogP contribution is -2.40. The van der Waals surface area contributed by atoms with E-state index in [1.54, 1.807) is 11.3 Å². The van der Waals surface area contributed by atoms with Crippen LogP contribution in [0.5, 0.6) is 0 Å². The third-order valence-electron chi connectivity index (χ3n) is 4.98. The minimum Gasteiger partial charge on any atom is -0.391 e. The SMILES string of the molecule is Cc1ncc(CN2CC3CC4CC3C2C4O)s1. The second-order valence-corrected chi connectivity index (χ2v) is 7.23. The van der Waals surface area contributed by atoms with Gasteiger partial charge in [0.15, 0.2) is 0 Å². The second-order valence-electron chi connectivity index (χ2n) is 5.91. The van der Waals surface area contributed by atoms with Crippen LogP contribution in [0.3, 0.4) is 0 Å². The average Bonchev–Trinajstić information content (AvgIpc) is 2.95. The molecule has 5 atom stereocenters. The summed E-state index contributed by atoms with van der Waals surface area (Å²) in [5, 5.41) is 11.5. The number of aliphatic hydroxyl groups excluding tert-OH is 1. The summed E-state index contributed by atoms with van der Waals surface area (Å²) in [6.45, 7) is 4.25. The van der Waals surface area contributed by atoms with E-state index in [0.717, 1.165) is 23.4 Å². The molecule has 1 saturated heterocycles. The molecule has 5 unspecified atom stereocenters. The quantitative estimate of drug-likeness (QED) is 0.867. The van der Waals surface area contributed by atoms with E-state index in [9.17, 15) is 5.11 Å². The number of aliphatic hydroxyl groups is 1. The fourth-order valence-corrected chi connectivity index (χ4v) is 5.22. The molecule has 4 rings (SSSR count). The van der Waals surface area contributed by atoms with Gasteiger partial charge in [-0.2, -0.15) is 0 Å². The minimum absolute atomic E-state index is 0.0623. The van der Waals surface area contributed by atoms with E-state index in [1.807, 2.05) is 6.20 Å². The third kappa shape index (κ3) is 1.44. The topological polar surface area (TPSA) is 36.4 Å². The molecule has 17 heavy (non-hydrogen) atoms.